The van der Waals surface area contributed by atoms with Crippen molar-refractivity contribution in [1.82, 2.24) is 0 Å². The van der Waals surface area contributed by atoms with Crippen molar-refractivity contribution in [3.8, 4) is 11.5 Å². The fraction of sp³-hybridized carbons (Fsp3) is 0.500. The zero-order valence-electron chi connectivity index (χ0n) is 9.79. The molecule has 0 saturated carbocycles. The molecule has 1 aromatic rings. The number of hydrogen-bond acceptors (Lipinski definition) is 3. The number of aliphatic hydroxyl groups excluding tert-OH is 1. The highest BCUT2D eigenvalue weighted by atomic mass is 35.5. The lowest BCUT2D eigenvalue weighted by molar-refractivity contribution is 0.197. The molecule has 1 aromatic carbocycles. The van der Waals surface area contributed by atoms with E-state index in [-0.39, 0.29) is 12.7 Å². The summed E-state index contributed by atoms with van der Waals surface area (Å²) >= 11 is 5.90. The topological polar surface area (TPSA) is 38.7 Å². The Morgan fingerprint density at radius 2 is 2.12 bits per heavy atom. The van der Waals surface area contributed by atoms with Crippen molar-refractivity contribution in [3.05, 3.63) is 22.7 Å². The molecule has 0 fully saturated rings. The van der Waals surface area contributed by atoms with Crippen molar-refractivity contribution in [2.45, 2.75) is 33.0 Å². The van der Waals surface area contributed by atoms with Crippen LogP contribution in [-0.4, -0.2) is 18.3 Å². The summed E-state index contributed by atoms with van der Waals surface area (Å²) in [6, 6.07) is 3.36. The van der Waals surface area contributed by atoms with E-state index in [0.29, 0.717) is 22.1 Å². The molecule has 0 aliphatic heterocycles. The van der Waals surface area contributed by atoms with Crippen molar-refractivity contribution >= 4 is 11.6 Å². The molecule has 0 radical (unpaired) electrons. The van der Waals surface area contributed by atoms with Crippen molar-refractivity contribution < 1.29 is 14.6 Å². The summed E-state index contributed by atoms with van der Waals surface area (Å²) in [7, 11) is 1.55. The van der Waals surface area contributed by atoms with E-state index in [1.807, 2.05) is 13.8 Å². The number of halogens is 1. The quantitative estimate of drug-likeness (QED) is 0.865. The summed E-state index contributed by atoms with van der Waals surface area (Å²) in [5.41, 5.74) is 0.643. The molecule has 16 heavy (non-hydrogen) atoms. The molecule has 1 rings (SSSR count). The summed E-state index contributed by atoms with van der Waals surface area (Å²) < 4.78 is 10.9. The van der Waals surface area contributed by atoms with Gasteiger partial charge in [-0.25, -0.2) is 0 Å². The van der Waals surface area contributed by atoms with Gasteiger partial charge >= 0.3 is 0 Å². The number of aliphatic hydroxyl groups is 1. The van der Waals surface area contributed by atoms with Crippen LogP contribution in [0.4, 0.5) is 0 Å². The number of hydrogen-bond donors (Lipinski definition) is 1. The second kappa shape index (κ2) is 5.97. The minimum Gasteiger partial charge on any atom is -0.493 e. The van der Waals surface area contributed by atoms with Gasteiger partial charge in [-0.1, -0.05) is 18.5 Å². The Labute approximate surface area is 101 Å². The van der Waals surface area contributed by atoms with Gasteiger partial charge in [-0.15, -0.1) is 0 Å². The minimum absolute atomic E-state index is 0.0698. The first-order chi connectivity index (χ1) is 7.62. The van der Waals surface area contributed by atoms with Gasteiger partial charge in [-0.3, -0.25) is 0 Å². The molecule has 4 heteroatoms. The molecule has 0 aromatic heterocycles. The fourth-order valence-corrected chi connectivity index (χ4v) is 1.54. The summed E-state index contributed by atoms with van der Waals surface area (Å²) in [4.78, 5) is 0. The van der Waals surface area contributed by atoms with Gasteiger partial charge in [0.15, 0.2) is 11.5 Å². The van der Waals surface area contributed by atoms with Crippen LogP contribution in [0, 0.1) is 0 Å². The molecule has 0 spiro atoms. The predicted octanol–water partition coefficient (Wildman–Crippen LogP) is 3.02. The van der Waals surface area contributed by atoms with E-state index in [2.05, 4.69) is 0 Å². The van der Waals surface area contributed by atoms with Crippen LogP contribution in [0.5, 0.6) is 11.5 Å². The van der Waals surface area contributed by atoms with Crippen molar-refractivity contribution in [3.63, 3.8) is 0 Å². The van der Waals surface area contributed by atoms with Gasteiger partial charge in [-0.2, -0.15) is 0 Å². The number of methoxy groups -OCH3 is 1. The van der Waals surface area contributed by atoms with Crippen LogP contribution < -0.4 is 9.47 Å². The van der Waals surface area contributed by atoms with Gasteiger partial charge in [0.1, 0.15) is 0 Å². The molecular formula is C12H17ClO3. The highest BCUT2D eigenvalue weighted by molar-refractivity contribution is 6.30. The van der Waals surface area contributed by atoms with E-state index in [9.17, 15) is 5.11 Å². The highest BCUT2D eigenvalue weighted by Crippen LogP contribution is 2.35. The summed E-state index contributed by atoms with van der Waals surface area (Å²) in [6.07, 6.45) is 0.955. The van der Waals surface area contributed by atoms with Gasteiger partial charge in [-0.05, 0) is 19.4 Å². The maximum atomic E-state index is 9.25. The first kappa shape index (κ1) is 13.1. The summed E-state index contributed by atoms with van der Waals surface area (Å²) in [5, 5.41) is 9.78. The van der Waals surface area contributed by atoms with Crippen LogP contribution in [0.15, 0.2) is 12.1 Å². The largest absolute Gasteiger partial charge is 0.493 e. The second-order valence-electron chi connectivity index (χ2n) is 3.59. The molecule has 1 atom stereocenters. The molecule has 0 aliphatic rings. The lowest BCUT2D eigenvalue weighted by atomic mass is 10.2. The lowest BCUT2D eigenvalue weighted by Crippen LogP contribution is -2.12. The average Bonchev–Trinajstić information content (AvgIpc) is 2.30. The van der Waals surface area contributed by atoms with E-state index < -0.39 is 0 Å². The van der Waals surface area contributed by atoms with E-state index >= 15 is 0 Å². The van der Waals surface area contributed by atoms with Crippen LogP contribution in [-0.2, 0) is 6.61 Å². The normalized spacial score (nSPS) is 12.3. The molecule has 0 heterocycles. The van der Waals surface area contributed by atoms with Gasteiger partial charge in [0.25, 0.3) is 0 Å². The summed E-state index contributed by atoms with van der Waals surface area (Å²) in [5.74, 6) is 1.13. The van der Waals surface area contributed by atoms with Crippen LogP contribution in [0.3, 0.4) is 0 Å². The van der Waals surface area contributed by atoms with E-state index in [1.165, 1.54) is 0 Å². The van der Waals surface area contributed by atoms with E-state index in [1.54, 1.807) is 19.2 Å². The van der Waals surface area contributed by atoms with Gasteiger partial charge in [0.2, 0.25) is 0 Å². The molecule has 0 saturated heterocycles. The zero-order chi connectivity index (χ0) is 12.1. The monoisotopic (exact) mass is 244 g/mol. The van der Waals surface area contributed by atoms with E-state index in [4.69, 9.17) is 21.1 Å². The molecule has 0 aliphatic carbocycles. The molecule has 0 bridgehead atoms. The van der Waals surface area contributed by atoms with Crippen LogP contribution >= 0.6 is 11.6 Å². The van der Waals surface area contributed by atoms with Gasteiger partial charge in [0.05, 0.1) is 19.8 Å². The average molecular weight is 245 g/mol. The Morgan fingerprint density at radius 1 is 1.44 bits per heavy atom. The third kappa shape index (κ3) is 3.03. The van der Waals surface area contributed by atoms with Crippen molar-refractivity contribution in [1.29, 1.82) is 0 Å². The minimum atomic E-state index is -0.122. The molecule has 90 valence electrons. The van der Waals surface area contributed by atoms with Crippen molar-refractivity contribution in [2.24, 2.45) is 0 Å². The van der Waals surface area contributed by atoms with Crippen LogP contribution in [0.25, 0.3) is 0 Å². The smallest absolute Gasteiger partial charge is 0.167 e. The molecule has 1 N–H and O–H groups in total. The highest BCUT2D eigenvalue weighted by Gasteiger charge is 2.14. The number of benzene rings is 1. The first-order valence-electron chi connectivity index (χ1n) is 5.26. The Bertz CT molecular complexity index is 327. The third-order valence-electron chi connectivity index (χ3n) is 2.38. The second-order valence-corrected chi connectivity index (χ2v) is 4.03. The zero-order valence-corrected chi connectivity index (χ0v) is 10.5. The molecule has 0 amide bonds. The van der Waals surface area contributed by atoms with Crippen LogP contribution in [0.1, 0.15) is 25.8 Å². The maximum Gasteiger partial charge on any atom is 0.167 e. The molecular weight excluding hydrogens is 228 g/mol. The standard InChI is InChI=1S/C12H17ClO3/c1-4-8(2)16-12-9(7-14)5-10(13)6-11(12)15-3/h5-6,8,14H,4,7H2,1-3H3. The SMILES string of the molecule is CCC(C)Oc1c(CO)cc(Cl)cc1OC. The Balaban J connectivity index is 3.11. The fourth-order valence-electron chi connectivity index (χ4n) is 1.31. The van der Waals surface area contributed by atoms with Gasteiger partial charge in [0, 0.05) is 16.7 Å². The third-order valence-corrected chi connectivity index (χ3v) is 2.60. The number of rotatable bonds is 5. The van der Waals surface area contributed by atoms with Crippen molar-refractivity contribution in [2.75, 3.05) is 7.11 Å². The first-order valence-corrected chi connectivity index (χ1v) is 5.64. The van der Waals surface area contributed by atoms with E-state index in [0.717, 1.165) is 6.42 Å². The summed E-state index contributed by atoms with van der Waals surface area (Å²) in [6.45, 7) is 3.88. The van der Waals surface area contributed by atoms with Gasteiger partial charge < -0.3 is 14.6 Å². The Hall–Kier alpha value is -0.930. The van der Waals surface area contributed by atoms with Crippen LogP contribution in [0.2, 0.25) is 5.02 Å². The maximum absolute atomic E-state index is 9.25. The number of ether oxygens (including phenoxy) is 2. The molecule has 1 unspecified atom stereocenters. The molecule has 3 nitrogen and oxygen atoms in total. The Morgan fingerprint density at radius 3 is 2.62 bits per heavy atom. The lowest BCUT2D eigenvalue weighted by Gasteiger charge is -2.18. The predicted molar refractivity (Wildman–Crippen MR) is 64.3 cm³/mol. The Kier molecular flexibility index (Phi) is 4.90.